The first-order valence-corrected chi connectivity index (χ1v) is 4.84. The molecule has 0 bridgehead atoms. The van der Waals surface area contributed by atoms with Crippen LogP contribution in [-0.2, 0) is 11.2 Å². The van der Waals surface area contributed by atoms with Crippen molar-refractivity contribution in [3.8, 4) is 11.5 Å². The average Bonchev–Trinajstić information content (AvgIpc) is 2.29. The van der Waals surface area contributed by atoms with Gasteiger partial charge in [0.15, 0.2) is 0 Å². The predicted molar refractivity (Wildman–Crippen MR) is 60.3 cm³/mol. The predicted octanol–water partition coefficient (Wildman–Crippen LogP) is 0.545. The van der Waals surface area contributed by atoms with Crippen LogP contribution in [0, 0.1) is 6.92 Å². The van der Waals surface area contributed by atoms with E-state index >= 15 is 0 Å². The van der Waals surface area contributed by atoms with Gasteiger partial charge in [0.05, 0.1) is 20.6 Å². The van der Waals surface area contributed by atoms with Crippen molar-refractivity contribution >= 4 is 5.91 Å². The van der Waals surface area contributed by atoms with Gasteiger partial charge in [0.25, 0.3) is 0 Å². The number of rotatable bonds is 4. The molecule has 5 nitrogen and oxygen atoms in total. The standard InChI is InChI=1S/C11H16N2O3/c1-7-9(15-2)5-4-8(11(7)16-3)6-10(14)13-12/h4-5H,6,12H2,1-3H3,(H,13,14). The van der Waals surface area contributed by atoms with E-state index < -0.39 is 0 Å². The lowest BCUT2D eigenvalue weighted by molar-refractivity contribution is -0.120. The molecule has 1 rings (SSSR count). The summed E-state index contributed by atoms with van der Waals surface area (Å²) >= 11 is 0. The number of carbonyl (C=O) groups excluding carboxylic acids is 1. The average molecular weight is 224 g/mol. The second-order valence-electron chi connectivity index (χ2n) is 3.33. The van der Waals surface area contributed by atoms with Gasteiger partial charge >= 0.3 is 0 Å². The summed E-state index contributed by atoms with van der Waals surface area (Å²) in [5, 5.41) is 0. The Labute approximate surface area is 94.5 Å². The summed E-state index contributed by atoms with van der Waals surface area (Å²) < 4.78 is 10.4. The van der Waals surface area contributed by atoms with E-state index in [1.807, 2.05) is 6.92 Å². The molecule has 1 aromatic carbocycles. The van der Waals surface area contributed by atoms with Crippen molar-refractivity contribution in [3.63, 3.8) is 0 Å². The molecule has 0 atom stereocenters. The maximum atomic E-state index is 11.2. The number of nitrogens with one attached hydrogen (secondary N) is 1. The molecule has 16 heavy (non-hydrogen) atoms. The van der Waals surface area contributed by atoms with Crippen LogP contribution in [0.5, 0.6) is 11.5 Å². The molecule has 0 aliphatic rings. The largest absolute Gasteiger partial charge is 0.496 e. The molecule has 0 heterocycles. The monoisotopic (exact) mass is 224 g/mol. The molecular formula is C11H16N2O3. The first-order chi connectivity index (χ1) is 7.63. The molecule has 0 spiro atoms. The number of hydrogen-bond donors (Lipinski definition) is 2. The van der Waals surface area contributed by atoms with Crippen LogP contribution in [0.2, 0.25) is 0 Å². The Kier molecular flexibility index (Phi) is 4.13. The highest BCUT2D eigenvalue weighted by molar-refractivity contribution is 5.79. The fraction of sp³-hybridized carbons (Fsp3) is 0.364. The normalized spacial score (nSPS) is 9.75. The van der Waals surface area contributed by atoms with Crippen molar-refractivity contribution < 1.29 is 14.3 Å². The summed E-state index contributed by atoms with van der Waals surface area (Å²) in [6.07, 6.45) is 0.185. The number of benzene rings is 1. The number of hydrazine groups is 1. The summed E-state index contributed by atoms with van der Waals surface area (Å²) in [5.41, 5.74) is 3.74. The van der Waals surface area contributed by atoms with Crippen molar-refractivity contribution in [1.29, 1.82) is 0 Å². The van der Waals surface area contributed by atoms with Crippen LogP contribution in [0.4, 0.5) is 0 Å². The van der Waals surface area contributed by atoms with Gasteiger partial charge in [-0.25, -0.2) is 5.84 Å². The number of ether oxygens (including phenoxy) is 2. The second kappa shape index (κ2) is 5.37. The number of nitrogens with two attached hydrogens (primary N) is 1. The van der Waals surface area contributed by atoms with Gasteiger partial charge in [-0.3, -0.25) is 10.2 Å². The zero-order chi connectivity index (χ0) is 12.1. The molecule has 0 aliphatic carbocycles. The molecule has 0 radical (unpaired) electrons. The number of amides is 1. The van der Waals surface area contributed by atoms with Gasteiger partial charge in [0.1, 0.15) is 11.5 Å². The molecule has 0 saturated carbocycles. The van der Waals surface area contributed by atoms with Crippen LogP contribution in [0.25, 0.3) is 0 Å². The Morgan fingerprint density at radius 3 is 2.56 bits per heavy atom. The van der Waals surface area contributed by atoms with Crippen LogP contribution in [0.3, 0.4) is 0 Å². The van der Waals surface area contributed by atoms with Gasteiger partial charge < -0.3 is 9.47 Å². The maximum Gasteiger partial charge on any atom is 0.238 e. The van der Waals surface area contributed by atoms with E-state index in [2.05, 4.69) is 5.43 Å². The fourth-order valence-electron chi connectivity index (χ4n) is 1.60. The van der Waals surface area contributed by atoms with Gasteiger partial charge in [0, 0.05) is 11.1 Å². The van der Waals surface area contributed by atoms with Crippen LogP contribution >= 0.6 is 0 Å². The summed E-state index contributed by atoms with van der Waals surface area (Å²) in [7, 11) is 3.15. The Balaban J connectivity index is 3.10. The zero-order valence-electron chi connectivity index (χ0n) is 9.66. The van der Waals surface area contributed by atoms with E-state index in [9.17, 15) is 4.79 Å². The molecule has 0 aromatic heterocycles. The molecule has 3 N–H and O–H groups in total. The molecular weight excluding hydrogens is 208 g/mol. The minimum absolute atomic E-state index is 0.185. The van der Waals surface area contributed by atoms with Gasteiger partial charge in [-0.1, -0.05) is 6.07 Å². The van der Waals surface area contributed by atoms with Gasteiger partial charge in [-0.2, -0.15) is 0 Å². The summed E-state index contributed by atoms with van der Waals surface area (Å²) in [6, 6.07) is 3.59. The molecule has 0 unspecified atom stereocenters. The van der Waals surface area contributed by atoms with E-state index in [0.29, 0.717) is 5.75 Å². The van der Waals surface area contributed by atoms with E-state index in [4.69, 9.17) is 15.3 Å². The molecule has 5 heteroatoms. The number of carbonyl (C=O) groups is 1. The quantitative estimate of drug-likeness (QED) is 0.445. The van der Waals surface area contributed by atoms with Crippen molar-refractivity contribution in [1.82, 2.24) is 5.43 Å². The topological polar surface area (TPSA) is 73.6 Å². The highest BCUT2D eigenvalue weighted by atomic mass is 16.5. The summed E-state index contributed by atoms with van der Waals surface area (Å²) in [5.74, 6) is 6.17. The highest BCUT2D eigenvalue weighted by Gasteiger charge is 2.13. The summed E-state index contributed by atoms with van der Waals surface area (Å²) in [4.78, 5) is 11.2. The SMILES string of the molecule is COc1ccc(CC(=O)NN)c(OC)c1C. The minimum Gasteiger partial charge on any atom is -0.496 e. The van der Waals surface area contributed by atoms with Crippen molar-refractivity contribution in [3.05, 3.63) is 23.3 Å². The first kappa shape index (κ1) is 12.3. The lowest BCUT2D eigenvalue weighted by Crippen LogP contribution is -2.31. The van der Waals surface area contributed by atoms with Crippen LogP contribution in [-0.4, -0.2) is 20.1 Å². The molecule has 0 fully saturated rings. The summed E-state index contributed by atoms with van der Waals surface area (Å²) in [6.45, 7) is 1.88. The van der Waals surface area contributed by atoms with Crippen molar-refractivity contribution in [2.45, 2.75) is 13.3 Å². The van der Waals surface area contributed by atoms with Crippen LogP contribution < -0.4 is 20.7 Å². The van der Waals surface area contributed by atoms with Gasteiger partial charge in [0.2, 0.25) is 5.91 Å². The third-order valence-electron chi connectivity index (χ3n) is 2.37. The van der Waals surface area contributed by atoms with E-state index in [1.54, 1.807) is 26.4 Å². The number of hydrogen-bond acceptors (Lipinski definition) is 4. The Bertz CT molecular complexity index is 391. The maximum absolute atomic E-state index is 11.2. The van der Waals surface area contributed by atoms with E-state index in [1.165, 1.54) is 0 Å². The van der Waals surface area contributed by atoms with E-state index in [0.717, 1.165) is 16.9 Å². The van der Waals surface area contributed by atoms with Gasteiger partial charge in [-0.05, 0) is 13.0 Å². The lowest BCUT2D eigenvalue weighted by atomic mass is 10.1. The molecule has 0 aliphatic heterocycles. The smallest absolute Gasteiger partial charge is 0.238 e. The molecule has 1 amide bonds. The Morgan fingerprint density at radius 1 is 1.38 bits per heavy atom. The van der Waals surface area contributed by atoms with Crippen LogP contribution in [0.1, 0.15) is 11.1 Å². The van der Waals surface area contributed by atoms with Crippen molar-refractivity contribution in [2.75, 3.05) is 14.2 Å². The molecule has 1 aromatic rings. The molecule has 88 valence electrons. The first-order valence-electron chi connectivity index (χ1n) is 4.84. The van der Waals surface area contributed by atoms with Crippen molar-refractivity contribution in [2.24, 2.45) is 5.84 Å². The minimum atomic E-state index is -0.261. The van der Waals surface area contributed by atoms with Gasteiger partial charge in [-0.15, -0.1) is 0 Å². The Morgan fingerprint density at radius 2 is 2.06 bits per heavy atom. The van der Waals surface area contributed by atoms with E-state index in [-0.39, 0.29) is 12.3 Å². The highest BCUT2D eigenvalue weighted by Crippen LogP contribution is 2.31. The van der Waals surface area contributed by atoms with Crippen LogP contribution in [0.15, 0.2) is 12.1 Å². The zero-order valence-corrected chi connectivity index (χ0v) is 9.66. The molecule has 0 saturated heterocycles. The fourth-order valence-corrected chi connectivity index (χ4v) is 1.60. The number of methoxy groups -OCH3 is 2. The Hall–Kier alpha value is -1.75. The lowest BCUT2D eigenvalue weighted by Gasteiger charge is -2.13. The third-order valence-corrected chi connectivity index (χ3v) is 2.37. The third kappa shape index (κ3) is 2.43. The second-order valence-corrected chi connectivity index (χ2v) is 3.33.